The van der Waals surface area contributed by atoms with Crippen LogP contribution in [0.15, 0.2) is 42.5 Å². The fourth-order valence-corrected chi connectivity index (χ4v) is 1.61. The molecule has 0 fully saturated rings. The van der Waals surface area contributed by atoms with Gasteiger partial charge in [0.15, 0.2) is 0 Å². The number of rotatable bonds is 1. The average Bonchev–Trinajstić information content (AvgIpc) is 2.27. The molecule has 0 aromatic heterocycles. The molecular formula is C12H8Cl3NO. The van der Waals surface area contributed by atoms with Gasteiger partial charge in [0.05, 0.1) is 0 Å². The second-order valence-electron chi connectivity index (χ2n) is 3.51. The van der Waals surface area contributed by atoms with E-state index in [2.05, 4.69) is 5.32 Å². The van der Waals surface area contributed by atoms with Crippen LogP contribution in [0.3, 0.4) is 0 Å². The summed E-state index contributed by atoms with van der Waals surface area (Å²) in [7, 11) is 0. The van der Waals surface area contributed by atoms with Crippen molar-refractivity contribution < 1.29 is 4.79 Å². The van der Waals surface area contributed by atoms with Crippen LogP contribution in [0.2, 0.25) is 0 Å². The van der Waals surface area contributed by atoms with Gasteiger partial charge in [-0.05, 0) is 22.9 Å². The minimum absolute atomic E-state index is 0.597. The van der Waals surface area contributed by atoms with Crippen LogP contribution in [0.25, 0.3) is 10.8 Å². The largest absolute Gasteiger partial charge is 0.322 e. The van der Waals surface area contributed by atoms with Gasteiger partial charge in [0.1, 0.15) is 0 Å². The van der Waals surface area contributed by atoms with Crippen LogP contribution in [-0.2, 0) is 4.79 Å². The molecule has 0 unspecified atom stereocenters. The van der Waals surface area contributed by atoms with Gasteiger partial charge in [-0.15, -0.1) is 0 Å². The lowest BCUT2D eigenvalue weighted by molar-refractivity contribution is -0.115. The maximum Gasteiger partial charge on any atom is 0.276 e. The highest BCUT2D eigenvalue weighted by molar-refractivity contribution is 6.76. The summed E-state index contributed by atoms with van der Waals surface area (Å²) in [4.78, 5) is 11.5. The number of fused-ring (bicyclic) bond motifs is 1. The van der Waals surface area contributed by atoms with Gasteiger partial charge in [-0.1, -0.05) is 65.1 Å². The molecule has 0 spiro atoms. The Morgan fingerprint density at radius 1 is 1.00 bits per heavy atom. The van der Waals surface area contributed by atoms with Gasteiger partial charge in [-0.25, -0.2) is 0 Å². The zero-order valence-electron chi connectivity index (χ0n) is 8.58. The van der Waals surface area contributed by atoms with Gasteiger partial charge in [0, 0.05) is 5.69 Å². The van der Waals surface area contributed by atoms with Gasteiger partial charge in [-0.3, -0.25) is 4.79 Å². The normalized spacial score (nSPS) is 11.5. The second-order valence-corrected chi connectivity index (χ2v) is 5.80. The smallest absolute Gasteiger partial charge is 0.276 e. The molecule has 0 heterocycles. The molecule has 0 saturated heterocycles. The van der Waals surface area contributed by atoms with E-state index >= 15 is 0 Å². The number of hydrogen-bond donors (Lipinski definition) is 1. The van der Waals surface area contributed by atoms with E-state index in [1.807, 2.05) is 36.4 Å². The summed E-state index contributed by atoms with van der Waals surface area (Å²) in [6, 6.07) is 13.3. The van der Waals surface area contributed by atoms with Gasteiger partial charge >= 0.3 is 0 Å². The van der Waals surface area contributed by atoms with Crippen LogP contribution in [0.1, 0.15) is 0 Å². The number of hydrogen-bond acceptors (Lipinski definition) is 1. The molecule has 0 saturated carbocycles. The Hall–Kier alpha value is -0.960. The number of alkyl halides is 3. The zero-order valence-corrected chi connectivity index (χ0v) is 10.9. The van der Waals surface area contributed by atoms with Crippen LogP contribution in [0, 0.1) is 0 Å². The third-order valence-corrected chi connectivity index (χ3v) is 2.78. The topological polar surface area (TPSA) is 29.1 Å². The third kappa shape index (κ3) is 3.03. The fraction of sp³-hybridized carbons (Fsp3) is 0.0833. The van der Waals surface area contributed by atoms with Gasteiger partial charge in [-0.2, -0.15) is 0 Å². The number of carbonyl (C=O) groups is 1. The molecule has 2 aromatic rings. The lowest BCUT2D eigenvalue weighted by atomic mass is 10.1. The SMILES string of the molecule is O=C(Nc1ccc2ccccc2c1)C(Cl)(Cl)Cl. The second kappa shape index (κ2) is 4.73. The quantitative estimate of drug-likeness (QED) is 0.785. The lowest BCUT2D eigenvalue weighted by Gasteiger charge is -2.11. The van der Waals surface area contributed by atoms with E-state index in [0.717, 1.165) is 10.8 Å². The average molecular weight is 289 g/mol. The highest BCUT2D eigenvalue weighted by Gasteiger charge is 2.30. The van der Waals surface area contributed by atoms with Crippen molar-refractivity contribution in [3.05, 3.63) is 42.5 Å². The monoisotopic (exact) mass is 287 g/mol. The number of amides is 1. The molecule has 1 amide bonds. The van der Waals surface area contributed by atoms with Crippen LogP contribution < -0.4 is 5.32 Å². The number of carbonyl (C=O) groups excluding carboxylic acids is 1. The first-order chi connectivity index (χ1) is 7.97. The van der Waals surface area contributed by atoms with E-state index in [4.69, 9.17) is 34.8 Å². The maximum atomic E-state index is 11.5. The number of anilines is 1. The predicted molar refractivity (Wildman–Crippen MR) is 72.9 cm³/mol. The summed E-state index contributed by atoms with van der Waals surface area (Å²) in [5, 5.41) is 4.63. The molecular weight excluding hydrogens is 280 g/mol. The molecule has 0 aliphatic rings. The van der Waals surface area contributed by atoms with Crippen molar-refractivity contribution in [2.45, 2.75) is 3.79 Å². The van der Waals surface area contributed by atoms with E-state index in [1.165, 1.54) is 0 Å². The molecule has 17 heavy (non-hydrogen) atoms. The van der Waals surface area contributed by atoms with Gasteiger partial charge in [0.25, 0.3) is 9.70 Å². The molecule has 0 aliphatic carbocycles. The number of halogens is 3. The first-order valence-corrected chi connectivity index (χ1v) is 5.97. The van der Waals surface area contributed by atoms with Crippen LogP contribution in [0.5, 0.6) is 0 Å². The molecule has 2 aromatic carbocycles. The lowest BCUT2D eigenvalue weighted by Crippen LogP contribution is -2.26. The molecule has 2 nitrogen and oxygen atoms in total. The van der Waals surface area contributed by atoms with Crippen molar-refractivity contribution in [2.75, 3.05) is 5.32 Å². The van der Waals surface area contributed by atoms with Crippen LogP contribution in [-0.4, -0.2) is 9.70 Å². The van der Waals surface area contributed by atoms with Crippen molar-refractivity contribution in [3.8, 4) is 0 Å². The summed E-state index contributed by atoms with van der Waals surface area (Å²) in [6.45, 7) is 0. The zero-order chi connectivity index (χ0) is 12.5. The molecule has 88 valence electrons. The summed E-state index contributed by atoms with van der Waals surface area (Å²) >= 11 is 16.4. The highest BCUT2D eigenvalue weighted by atomic mass is 35.6. The van der Waals surface area contributed by atoms with Crippen molar-refractivity contribution in [3.63, 3.8) is 0 Å². The van der Waals surface area contributed by atoms with Crippen LogP contribution >= 0.6 is 34.8 Å². The molecule has 0 aliphatic heterocycles. The molecule has 2 rings (SSSR count). The van der Waals surface area contributed by atoms with Crippen molar-refractivity contribution >= 4 is 57.2 Å². The molecule has 0 atom stereocenters. The Morgan fingerprint density at radius 2 is 1.65 bits per heavy atom. The molecule has 0 radical (unpaired) electrons. The molecule has 5 heteroatoms. The Kier molecular flexibility index (Phi) is 3.48. The standard InChI is InChI=1S/C12H8Cl3NO/c13-12(14,15)11(17)16-10-6-5-8-3-1-2-4-9(8)7-10/h1-7H,(H,16,17). The fourth-order valence-electron chi connectivity index (χ4n) is 1.47. The molecule has 1 N–H and O–H groups in total. The summed E-state index contributed by atoms with van der Waals surface area (Å²) in [5.74, 6) is -0.669. The first kappa shape index (κ1) is 12.5. The van der Waals surface area contributed by atoms with E-state index < -0.39 is 9.70 Å². The van der Waals surface area contributed by atoms with Gasteiger partial charge in [0.2, 0.25) is 0 Å². The van der Waals surface area contributed by atoms with E-state index in [1.54, 1.807) is 6.07 Å². The first-order valence-electron chi connectivity index (χ1n) is 4.84. The Balaban J connectivity index is 2.29. The minimum Gasteiger partial charge on any atom is -0.322 e. The van der Waals surface area contributed by atoms with Crippen LogP contribution in [0.4, 0.5) is 5.69 Å². The summed E-state index contributed by atoms with van der Waals surface area (Å²) < 4.78 is -1.95. The highest BCUT2D eigenvalue weighted by Crippen LogP contribution is 2.28. The Labute approximate surface area is 113 Å². The number of benzene rings is 2. The van der Waals surface area contributed by atoms with Crippen molar-refractivity contribution in [1.82, 2.24) is 0 Å². The maximum absolute atomic E-state index is 11.5. The Bertz CT molecular complexity index is 563. The van der Waals surface area contributed by atoms with Crippen molar-refractivity contribution in [1.29, 1.82) is 0 Å². The summed E-state index contributed by atoms with van der Waals surface area (Å²) in [6.07, 6.45) is 0. The van der Waals surface area contributed by atoms with Gasteiger partial charge < -0.3 is 5.32 Å². The molecule has 0 bridgehead atoms. The van der Waals surface area contributed by atoms with E-state index in [9.17, 15) is 4.79 Å². The predicted octanol–water partition coefficient (Wildman–Crippen LogP) is 4.15. The Morgan fingerprint density at radius 3 is 2.29 bits per heavy atom. The number of nitrogens with one attached hydrogen (secondary N) is 1. The third-order valence-electron chi connectivity index (χ3n) is 2.26. The minimum atomic E-state index is -1.95. The summed E-state index contributed by atoms with van der Waals surface area (Å²) in [5.41, 5.74) is 0.597. The van der Waals surface area contributed by atoms with E-state index in [-0.39, 0.29) is 0 Å². The van der Waals surface area contributed by atoms with Crippen molar-refractivity contribution in [2.24, 2.45) is 0 Å². The van der Waals surface area contributed by atoms with E-state index in [0.29, 0.717) is 5.69 Å².